The van der Waals surface area contributed by atoms with Crippen LogP contribution < -0.4 is 0 Å². The lowest BCUT2D eigenvalue weighted by atomic mass is 10.2. The van der Waals surface area contributed by atoms with E-state index in [1.807, 2.05) is 11.6 Å². The Bertz CT molecular complexity index is 1000. The highest BCUT2D eigenvalue weighted by Gasteiger charge is 2.20. The molecule has 0 unspecified atom stereocenters. The minimum absolute atomic E-state index is 0.251. The quantitative estimate of drug-likeness (QED) is 0.616. The number of aryl methyl sites for hydroxylation is 2. The van der Waals surface area contributed by atoms with Crippen molar-refractivity contribution in [2.45, 2.75) is 27.3 Å². The number of hydrogen-bond acceptors (Lipinski definition) is 2. The molecule has 0 amide bonds. The Morgan fingerprint density at radius 1 is 1.23 bits per heavy atom. The summed E-state index contributed by atoms with van der Waals surface area (Å²) in [7, 11) is 0. The van der Waals surface area contributed by atoms with E-state index in [9.17, 15) is 4.39 Å². The van der Waals surface area contributed by atoms with Gasteiger partial charge in [0.25, 0.3) is 0 Å². The number of benzene rings is 1. The average Bonchev–Trinajstić information content (AvgIpc) is 3.14. The summed E-state index contributed by atoms with van der Waals surface area (Å²) in [6, 6.07) is 4.84. The van der Waals surface area contributed by atoms with Crippen LogP contribution in [0.25, 0.3) is 27.6 Å². The zero-order chi connectivity index (χ0) is 15.4. The first-order valence-electron chi connectivity index (χ1n) is 7.29. The number of nitrogens with zero attached hydrogens (tertiary/aromatic N) is 4. The standard InChI is InChI=1S/C16H16FN5/c1-4-21-10(3)16(9(2)20-21)22-13-6-5-11(17)7-12(13)15-14(22)8-18-19-15/h5-8H,4H2,1-3H3,(H,18,19). The maximum Gasteiger partial charge on any atom is 0.124 e. The van der Waals surface area contributed by atoms with Crippen LogP contribution in [0, 0.1) is 19.7 Å². The van der Waals surface area contributed by atoms with Crippen molar-refractivity contribution in [2.75, 3.05) is 0 Å². The molecule has 0 fully saturated rings. The number of halogens is 1. The van der Waals surface area contributed by atoms with Crippen molar-refractivity contribution in [3.8, 4) is 5.69 Å². The highest BCUT2D eigenvalue weighted by atomic mass is 19.1. The van der Waals surface area contributed by atoms with Crippen molar-refractivity contribution in [3.63, 3.8) is 0 Å². The minimum Gasteiger partial charge on any atom is -0.303 e. The predicted octanol–water partition coefficient (Wildman–Crippen LogP) is 3.48. The van der Waals surface area contributed by atoms with Gasteiger partial charge in [-0.2, -0.15) is 10.2 Å². The molecule has 0 atom stereocenters. The van der Waals surface area contributed by atoms with Crippen molar-refractivity contribution >= 4 is 21.9 Å². The molecule has 3 aromatic heterocycles. The van der Waals surface area contributed by atoms with Crippen molar-refractivity contribution in [1.29, 1.82) is 0 Å². The Kier molecular flexibility index (Phi) is 2.63. The summed E-state index contributed by atoms with van der Waals surface area (Å²) < 4.78 is 17.7. The molecule has 112 valence electrons. The summed E-state index contributed by atoms with van der Waals surface area (Å²) in [6.45, 7) is 6.94. The number of aromatic nitrogens is 5. The smallest absolute Gasteiger partial charge is 0.124 e. The van der Waals surface area contributed by atoms with E-state index in [0.29, 0.717) is 0 Å². The SMILES string of the molecule is CCn1nc(C)c(-n2c3ccc(F)cc3c3[nH]ncc32)c1C. The van der Waals surface area contributed by atoms with E-state index in [1.54, 1.807) is 18.3 Å². The second-order valence-corrected chi connectivity index (χ2v) is 5.46. The van der Waals surface area contributed by atoms with Gasteiger partial charge in [0.2, 0.25) is 0 Å². The zero-order valence-electron chi connectivity index (χ0n) is 12.7. The molecule has 0 aliphatic heterocycles. The number of fused-ring (bicyclic) bond motifs is 3. The van der Waals surface area contributed by atoms with Gasteiger partial charge in [-0.15, -0.1) is 0 Å². The van der Waals surface area contributed by atoms with Gasteiger partial charge in [-0.3, -0.25) is 9.78 Å². The number of hydrogen-bond donors (Lipinski definition) is 1. The third kappa shape index (κ3) is 1.57. The summed E-state index contributed by atoms with van der Waals surface area (Å²) in [4.78, 5) is 0. The molecule has 22 heavy (non-hydrogen) atoms. The molecule has 0 saturated carbocycles. The monoisotopic (exact) mass is 297 g/mol. The van der Waals surface area contributed by atoms with E-state index >= 15 is 0 Å². The van der Waals surface area contributed by atoms with Crippen molar-refractivity contribution in [2.24, 2.45) is 0 Å². The maximum absolute atomic E-state index is 13.6. The molecule has 3 heterocycles. The number of rotatable bonds is 2. The summed E-state index contributed by atoms with van der Waals surface area (Å²) in [5, 5.41) is 12.5. The second kappa shape index (κ2) is 4.43. The fourth-order valence-corrected chi connectivity index (χ4v) is 3.24. The molecule has 0 saturated heterocycles. The van der Waals surface area contributed by atoms with Gasteiger partial charge in [-0.25, -0.2) is 4.39 Å². The molecule has 1 N–H and O–H groups in total. The van der Waals surface area contributed by atoms with Crippen LogP contribution in [-0.2, 0) is 6.54 Å². The van der Waals surface area contributed by atoms with Gasteiger partial charge in [0.15, 0.2) is 0 Å². The van der Waals surface area contributed by atoms with Gasteiger partial charge in [0.1, 0.15) is 5.82 Å². The molecule has 1 aromatic carbocycles. The summed E-state index contributed by atoms with van der Waals surface area (Å²) in [5.41, 5.74) is 5.80. The minimum atomic E-state index is -0.251. The molecule has 0 spiro atoms. The molecule has 0 bridgehead atoms. The van der Waals surface area contributed by atoms with E-state index in [2.05, 4.69) is 33.7 Å². The van der Waals surface area contributed by atoms with Crippen LogP contribution in [0.5, 0.6) is 0 Å². The van der Waals surface area contributed by atoms with E-state index in [-0.39, 0.29) is 5.82 Å². The Labute approximate surface area is 126 Å². The predicted molar refractivity (Wildman–Crippen MR) is 83.8 cm³/mol. The molecular weight excluding hydrogens is 281 g/mol. The molecular formula is C16H16FN5. The Morgan fingerprint density at radius 2 is 2.05 bits per heavy atom. The first-order valence-corrected chi connectivity index (χ1v) is 7.29. The van der Waals surface area contributed by atoms with Crippen LogP contribution in [0.4, 0.5) is 4.39 Å². The van der Waals surface area contributed by atoms with E-state index in [4.69, 9.17) is 0 Å². The van der Waals surface area contributed by atoms with Crippen molar-refractivity contribution in [3.05, 3.63) is 41.6 Å². The van der Waals surface area contributed by atoms with Crippen LogP contribution in [-0.4, -0.2) is 24.5 Å². The molecule has 4 rings (SSSR count). The summed E-state index contributed by atoms with van der Waals surface area (Å²) in [6.07, 6.45) is 1.77. The van der Waals surface area contributed by atoms with Gasteiger partial charge in [0, 0.05) is 11.9 Å². The zero-order valence-corrected chi connectivity index (χ0v) is 12.7. The van der Waals surface area contributed by atoms with E-state index in [1.165, 1.54) is 6.07 Å². The fourth-order valence-electron chi connectivity index (χ4n) is 3.24. The van der Waals surface area contributed by atoms with Crippen molar-refractivity contribution in [1.82, 2.24) is 24.5 Å². The Hall–Kier alpha value is -2.63. The molecule has 6 heteroatoms. The lowest BCUT2D eigenvalue weighted by molar-refractivity contribution is 0.629. The highest BCUT2D eigenvalue weighted by Crippen LogP contribution is 2.33. The van der Waals surface area contributed by atoms with E-state index in [0.717, 1.165) is 45.6 Å². The van der Waals surface area contributed by atoms with Crippen LogP contribution in [0.3, 0.4) is 0 Å². The number of H-pyrrole nitrogens is 1. The average molecular weight is 297 g/mol. The lowest BCUT2D eigenvalue weighted by Crippen LogP contribution is -2.01. The topological polar surface area (TPSA) is 51.4 Å². The van der Waals surface area contributed by atoms with Gasteiger partial charge in [-0.05, 0) is 39.0 Å². The highest BCUT2D eigenvalue weighted by molar-refractivity contribution is 6.07. The molecule has 4 aromatic rings. The van der Waals surface area contributed by atoms with Crippen LogP contribution in [0.15, 0.2) is 24.4 Å². The van der Waals surface area contributed by atoms with Gasteiger partial charge in [0.05, 0.1) is 39.8 Å². The van der Waals surface area contributed by atoms with E-state index < -0.39 is 0 Å². The number of nitrogens with one attached hydrogen (secondary N) is 1. The molecule has 0 aliphatic rings. The first kappa shape index (κ1) is 13.1. The van der Waals surface area contributed by atoms with Gasteiger partial charge in [-0.1, -0.05) is 0 Å². The van der Waals surface area contributed by atoms with Crippen molar-refractivity contribution < 1.29 is 4.39 Å². The maximum atomic E-state index is 13.6. The summed E-state index contributed by atoms with van der Waals surface area (Å²) >= 11 is 0. The van der Waals surface area contributed by atoms with Gasteiger partial charge < -0.3 is 4.57 Å². The van der Waals surface area contributed by atoms with Gasteiger partial charge >= 0.3 is 0 Å². The third-order valence-corrected chi connectivity index (χ3v) is 4.20. The molecule has 0 aliphatic carbocycles. The van der Waals surface area contributed by atoms with Crippen LogP contribution in [0.2, 0.25) is 0 Å². The Morgan fingerprint density at radius 3 is 2.77 bits per heavy atom. The largest absolute Gasteiger partial charge is 0.303 e. The lowest BCUT2D eigenvalue weighted by Gasteiger charge is -2.07. The molecule has 0 radical (unpaired) electrons. The van der Waals surface area contributed by atoms with Crippen LogP contribution >= 0.6 is 0 Å². The Balaban J connectivity index is 2.18. The fraction of sp³-hybridized carbons (Fsp3) is 0.250. The normalized spacial score (nSPS) is 11.8. The summed E-state index contributed by atoms with van der Waals surface area (Å²) in [5.74, 6) is -0.251. The third-order valence-electron chi connectivity index (χ3n) is 4.20. The first-order chi connectivity index (χ1) is 10.6. The molecule has 5 nitrogen and oxygen atoms in total. The second-order valence-electron chi connectivity index (χ2n) is 5.46. The number of aromatic amines is 1. The van der Waals surface area contributed by atoms with Crippen LogP contribution in [0.1, 0.15) is 18.3 Å².